The van der Waals surface area contributed by atoms with Crippen LogP contribution in [0.4, 0.5) is 8.78 Å². The standard InChI is InChI=1S/C18H27F2N3O.HI/c1-2-21-17(23-13-18(24)9-4-3-5-10-18)22-11-8-14-12-15(19)6-7-16(14)20;/h6-7,12,24H,2-5,8-11,13H2,1H3,(H2,21,22,23);1H. The van der Waals surface area contributed by atoms with Gasteiger partial charge in [0.25, 0.3) is 0 Å². The van der Waals surface area contributed by atoms with E-state index in [1.54, 1.807) is 0 Å². The maximum absolute atomic E-state index is 13.6. The Hall–Kier alpha value is -0.960. The Balaban J connectivity index is 0.00000312. The lowest BCUT2D eigenvalue weighted by atomic mass is 9.85. The molecule has 0 bridgehead atoms. The fourth-order valence-corrected chi connectivity index (χ4v) is 2.99. The van der Waals surface area contributed by atoms with Crippen molar-refractivity contribution in [3.63, 3.8) is 0 Å². The van der Waals surface area contributed by atoms with E-state index >= 15 is 0 Å². The van der Waals surface area contributed by atoms with Crippen molar-refractivity contribution in [1.82, 2.24) is 10.6 Å². The summed E-state index contributed by atoms with van der Waals surface area (Å²) in [5.74, 6) is -0.253. The zero-order valence-electron chi connectivity index (χ0n) is 14.7. The molecule has 0 unspecified atom stereocenters. The molecule has 0 saturated heterocycles. The molecule has 1 saturated carbocycles. The monoisotopic (exact) mass is 467 g/mol. The average molecular weight is 467 g/mol. The maximum Gasteiger partial charge on any atom is 0.191 e. The minimum Gasteiger partial charge on any atom is -0.388 e. The first-order valence-electron chi connectivity index (χ1n) is 8.71. The van der Waals surface area contributed by atoms with Gasteiger partial charge in [0.1, 0.15) is 11.6 Å². The summed E-state index contributed by atoms with van der Waals surface area (Å²) in [6, 6.07) is 3.47. The van der Waals surface area contributed by atoms with Crippen molar-refractivity contribution in [3.8, 4) is 0 Å². The number of benzene rings is 1. The Bertz CT molecular complexity index is 563. The van der Waals surface area contributed by atoms with Crippen LogP contribution in [0.15, 0.2) is 23.2 Å². The molecule has 0 aliphatic heterocycles. The Kier molecular flexibility index (Phi) is 9.63. The molecule has 7 heteroatoms. The zero-order chi connectivity index (χ0) is 17.4. The van der Waals surface area contributed by atoms with Crippen molar-refractivity contribution in [2.45, 2.75) is 51.0 Å². The van der Waals surface area contributed by atoms with Crippen LogP contribution in [0.25, 0.3) is 0 Å². The van der Waals surface area contributed by atoms with Crippen molar-refractivity contribution in [1.29, 1.82) is 0 Å². The lowest BCUT2D eigenvalue weighted by Gasteiger charge is -2.30. The number of aliphatic hydroxyl groups is 1. The van der Waals surface area contributed by atoms with Crippen LogP contribution in [-0.2, 0) is 6.42 Å². The Morgan fingerprint density at radius 2 is 1.92 bits per heavy atom. The molecule has 2 rings (SSSR count). The third kappa shape index (κ3) is 7.43. The fraction of sp³-hybridized carbons (Fsp3) is 0.611. The highest BCUT2D eigenvalue weighted by molar-refractivity contribution is 14.0. The number of nitrogens with one attached hydrogen (secondary N) is 2. The SMILES string of the molecule is CCNC(=NCC1(O)CCCCC1)NCCc1cc(F)ccc1F.I. The van der Waals surface area contributed by atoms with Gasteiger partial charge in [-0.3, -0.25) is 4.99 Å². The number of halogens is 3. The third-order valence-corrected chi connectivity index (χ3v) is 4.35. The lowest BCUT2D eigenvalue weighted by molar-refractivity contribution is 0.0131. The van der Waals surface area contributed by atoms with Crippen molar-refractivity contribution in [2.75, 3.05) is 19.6 Å². The summed E-state index contributed by atoms with van der Waals surface area (Å²) in [6.45, 7) is 3.44. The van der Waals surface area contributed by atoms with E-state index in [1.165, 1.54) is 12.5 Å². The molecule has 1 aliphatic rings. The second-order valence-electron chi connectivity index (χ2n) is 6.39. The molecule has 1 aromatic carbocycles. The molecule has 0 amide bonds. The first-order chi connectivity index (χ1) is 11.5. The number of hydrogen-bond acceptors (Lipinski definition) is 2. The van der Waals surface area contributed by atoms with Crippen molar-refractivity contribution in [2.24, 2.45) is 4.99 Å². The summed E-state index contributed by atoms with van der Waals surface area (Å²) in [7, 11) is 0. The number of aliphatic imine (C=N–C) groups is 1. The highest BCUT2D eigenvalue weighted by Crippen LogP contribution is 2.28. The lowest BCUT2D eigenvalue weighted by Crippen LogP contribution is -2.41. The maximum atomic E-state index is 13.6. The Morgan fingerprint density at radius 1 is 1.20 bits per heavy atom. The number of rotatable bonds is 6. The predicted molar refractivity (Wildman–Crippen MR) is 107 cm³/mol. The van der Waals surface area contributed by atoms with Gasteiger partial charge in [0, 0.05) is 13.1 Å². The summed E-state index contributed by atoms with van der Waals surface area (Å²) in [5, 5.41) is 16.7. The van der Waals surface area contributed by atoms with Gasteiger partial charge < -0.3 is 15.7 Å². The highest BCUT2D eigenvalue weighted by Gasteiger charge is 2.28. The van der Waals surface area contributed by atoms with Gasteiger partial charge in [-0.05, 0) is 49.9 Å². The molecule has 1 aromatic rings. The Morgan fingerprint density at radius 3 is 2.60 bits per heavy atom. The van der Waals surface area contributed by atoms with Gasteiger partial charge in [-0.2, -0.15) is 0 Å². The zero-order valence-corrected chi connectivity index (χ0v) is 17.0. The molecule has 0 heterocycles. The van der Waals surface area contributed by atoms with Crippen LogP contribution in [0.1, 0.15) is 44.6 Å². The molecule has 4 nitrogen and oxygen atoms in total. The normalized spacial score (nSPS) is 16.9. The van der Waals surface area contributed by atoms with E-state index in [9.17, 15) is 13.9 Å². The minimum atomic E-state index is -0.713. The molecule has 142 valence electrons. The minimum absolute atomic E-state index is 0. The van der Waals surface area contributed by atoms with Gasteiger partial charge in [-0.25, -0.2) is 8.78 Å². The third-order valence-electron chi connectivity index (χ3n) is 4.35. The quantitative estimate of drug-likeness (QED) is 0.342. The van der Waals surface area contributed by atoms with Gasteiger partial charge in [-0.15, -0.1) is 24.0 Å². The number of hydrogen-bond donors (Lipinski definition) is 3. The van der Waals surface area contributed by atoms with E-state index in [0.29, 0.717) is 37.6 Å². The van der Waals surface area contributed by atoms with Crippen molar-refractivity contribution in [3.05, 3.63) is 35.4 Å². The second kappa shape index (κ2) is 10.9. The van der Waals surface area contributed by atoms with E-state index < -0.39 is 17.2 Å². The highest BCUT2D eigenvalue weighted by atomic mass is 127. The van der Waals surface area contributed by atoms with Crippen LogP contribution < -0.4 is 10.6 Å². The summed E-state index contributed by atoms with van der Waals surface area (Å²) in [4.78, 5) is 4.46. The van der Waals surface area contributed by atoms with Gasteiger partial charge in [0.2, 0.25) is 0 Å². The molecular weight excluding hydrogens is 439 g/mol. The smallest absolute Gasteiger partial charge is 0.191 e. The van der Waals surface area contributed by atoms with Crippen LogP contribution >= 0.6 is 24.0 Å². The van der Waals surface area contributed by atoms with Gasteiger partial charge >= 0.3 is 0 Å². The van der Waals surface area contributed by atoms with Gasteiger partial charge in [0.15, 0.2) is 5.96 Å². The molecule has 0 atom stereocenters. The van der Waals surface area contributed by atoms with E-state index in [2.05, 4.69) is 15.6 Å². The van der Waals surface area contributed by atoms with Crippen molar-refractivity contribution < 1.29 is 13.9 Å². The largest absolute Gasteiger partial charge is 0.388 e. The molecule has 3 N–H and O–H groups in total. The summed E-state index contributed by atoms with van der Waals surface area (Å²) >= 11 is 0. The van der Waals surface area contributed by atoms with E-state index in [1.807, 2.05) is 6.92 Å². The summed E-state index contributed by atoms with van der Waals surface area (Å²) in [5.41, 5.74) is -0.376. The van der Waals surface area contributed by atoms with E-state index in [-0.39, 0.29) is 24.0 Å². The first-order valence-corrected chi connectivity index (χ1v) is 8.71. The topological polar surface area (TPSA) is 56.7 Å². The van der Waals surface area contributed by atoms with Gasteiger partial charge in [-0.1, -0.05) is 19.3 Å². The van der Waals surface area contributed by atoms with Crippen LogP contribution in [0, 0.1) is 11.6 Å². The average Bonchev–Trinajstić information content (AvgIpc) is 2.56. The van der Waals surface area contributed by atoms with Crippen LogP contribution in [0.5, 0.6) is 0 Å². The molecule has 0 aromatic heterocycles. The first kappa shape index (κ1) is 22.1. The van der Waals surface area contributed by atoms with Crippen LogP contribution in [0.2, 0.25) is 0 Å². The Labute approximate surface area is 165 Å². The predicted octanol–water partition coefficient (Wildman–Crippen LogP) is 3.38. The fourth-order valence-electron chi connectivity index (χ4n) is 2.99. The molecule has 0 radical (unpaired) electrons. The number of nitrogens with zero attached hydrogens (tertiary/aromatic N) is 1. The number of guanidine groups is 1. The second-order valence-corrected chi connectivity index (χ2v) is 6.39. The van der Waals surface area contributed by atoms with Crippen molar-refractivity contribution >= 4 is 29.9 Å². The van der Waals surface area contributed by atoms with Crippen LogP contribution in [-0.4, -0.2) is 36.3 Å². The molecular formula is C18H28F2IN3O. The van der Waals surface area contributed by atoms with E-state index in [0.717, 1.165) is 37.8 Å². The summed E-state index contributed by atoms with van der Waals surface area (Å²) < 4.78 is 26.8. The molecule has 1 aliphatic carbocycles. The molecule has 1 fully saturated rings. The molecule has 0 spiro atoms. The van der Waals surface area contributed by atoms with E-state index in [4.69, 9.17) is 0 Å². The summed E-state index contributed by atoms with van der Waals surface area (Å²) in [6.07, 6.45) is 5.17. The molecule has 25 heavy (non-hydrogen) atoms. The van der Waals surface area contributed by atoms with Gasteiger partial charge in [0.05, 0.1) is 12.1 Å². The van der Waals surface area contributed by atoms with Crippen LogP contribution in [0.3, 0.4) is 0 Å².